The van der Waals surface area contributed by atoms with Gasteiger partial charge in [0.15, 0.2) is 0 Å². The summed E-state index contributed by atoms with van der Waals surface area (Å²) in [6.45, 7) is 7.87. The summed E-state index contributed by atoms with van der Waals surface area (Å²) in [7, 11) is 0. The zero-order valence-electron chi connectivity index (χ0n) is 16.6. The molecule has 2 heterocycles. The van der Waals surface area contributed by atoms with E-state index in [-0.39, 0.29) is 17.7 Å². The lowest BCUT2D eigenvalue weighted by atomic mass is 9.80. The number of hydrogen-bond acceptors (Lipinski definition) is 4. The fraction of sp³-hybridized carbons (Fsp3) is 0.619. The number of carbonyl (C=O) groups excluding carboxylic acids is 2. The first-order valence-electron chi connectivity index (χ1n) is 10.1. The van der Waals surface area contributed by atoms with Gasteiger partial charge in [0.2, 0.25) is 11.8 Å². The number of likely N-dealkylation sites (tertiary alicyclic amines) is 1. The fourth-order valence-corrected chi connectivity index (χ4v) is 4.39. The van der Waals surface area contributed by atoms with Crippen molar-refractivity contribution in [3.8, 4) is 0 Å². The van der Waals surface area contributed by atoms with Crippen LogP contribution in [0.15, 0.2) is 30.3 Å². The molecule has 148 valence electrons. The molecular weight excluding hydrogens is 340 g/mol. The Morgan fingerprint density at radius 1 is 1.15 bits per heavy atom. The van der Waals surface area contributed by atoms with Gasteiger partial charge in [-0.1, -0.05) is 44.2 Å². The highest BCUT2D eigenvalue weighted by atomic mass is 16.2. The van der Waals surface area contributed by atoms with Crippen LogP contribution in [0, 0.1) is 11.8 Å². The van der Waals surface area contributed by atoms with Crippen molar-refractivity contribution in [2.45, 2.75) is 51.6 Å². The maximum atomic E-state index is 12.9. The fourth-order valence-electron chi connectivity index (χ4n) is 4.39. The average molecular weight is 373 g/mol. The highest BCUT2D eigenvalue weighted by Crippen LogP contribution is 2.32. The summed E-state index contributed by atoms with van der Waals surface area (Å²) in [5.74, 6) is 0.982. The van der Waals surface area contributed by atoms with E-state index < -0.39 is 6.04 Å². The summed E-state index contributed by atoms with van der Waals surface area (Å²) < 4.78 is 0. The molecule has 2 aliphatic heterocycles. The van der Waals surface area contributed by atoms with Crippen molar-refractivity contribution in [2.24, 2.45) is 11.8 Å². The number of piperidine rings is 1. The molecule has 3 unspecified atom stereocenters. The summed E-state index contributed by atoms with van der Waals surface area (Å²) in [6.07, 6.45) is 1.97. The van der Waals surface area contributed by atoms with Crippen molar-refractivity contribution >= 4 is 11.8 Å². The maximum Gasteiger partial charge on any atom is 0.245 e. The molecule has 0 spiro atoms. The number of rotatable bonds is 5. The maximum absolute atomic E-state index is 12.9. The molecule has 3 atom stereocenters. The van der Waals surface area contributed by atoms with E-state index in [0.29, 0.717) is 17.9 Å². The second-order valence-corrected chi connectivity index (χ2v) is 8.15. The number of nitrogens with zero attached hydrogens (tertiary/aromatic N) is 1. The first kappa shape index (κ1) is 19.8. The van der Waals surface area contributed by atoms with Crippen molar-refractivity contribution in [1.82, 2.24) is 21.1 Å². The molecule has 27 heavy (non-hydrogen) atoms. The third-order valence-corrected chi connectivity index (χ3v) is 5.90. The predicted molar refractivity (Wildman–Crippen MR) is 106 cm³/mol. The number of benzene rings is 1. The lowest BCUT2D eigenvalue weighted by Gasteiger charge is -2.38. The number of carbonyl (C=O) groups is 2. The van der Waals surface area contributed by atoms with Gasteiger partial charge < -0.3 is 10.2 Å². The second-order valence-electron chi connectivity index (χ2n) is 8.15. The van der Waals surface area contributed by atoms with E-state index in [1.54, 1.807) is 0 Å². The van der Waals surface area contributed by atoms with Gasteiger partial charge in [0.25, 0.3) is 0 Å². The first-order valence-corrected chi connectivity index (χ1v) is 10.1. The minimum Gasteiger partial charge on any atom is -0.344 e. The van der Waals surface area contributed by atoms with Crippen molar-refractivity contribution in [1.29, 1.82) is 0 Å². The van der Waals surface area contributed by atoms with Gasteiger partial charge in [0.1, 0.15) is 6.04 Å². The summed E-state index contributed by atoms with van der Waals surface area (Å²) >= 11 is 0. The van der Waals surface area contributed by atoms with Crippen molar-refractivity contribution in [3.05, 3.63) is 35.9 Å². The van der Waals surface area contributed by atoms with Gasteiger partial charge in [-0.15, -0.1) is 0 Å². The molecule has 6 nitrogen and oxygen atoms in total. The lowest BCUT2D eigenvalue weighted by Crippen LogP contribution is -2.53. The lowest BCUT2D eigenvalue weighted by molar-refractivity contribution is -0.138. The van der Waals surface area contributed by atoms with E-state index in [2.05, 4.69) is 46.5 Å². The van der Waals surface area contributed by atoms with Gasteiger partial charge >= 0.3 is 0 Å². The number of nitrogens with one attached hydrogen (secondary N) is 3. The molecule has 2 aliphatic rings. The zero-order valence-corrected chi connectivity index (χ0v) is 16.6. The highest BCUT2D eigenvalue weighted by molar-refractivity contribution is 5.87. The summed E-state index contributed by atoms with van der Waals surface area (Å²) in [5, 5.41) is 2.82. The van der Waals surface area contributed by atoms with E-state index in [1.165, 1.54) is 12.5 Å². The van der Waals surface area contributed by atoms with E-state index in [1.807, 2.05) is 18.7 Å². The van der Waals surface area contributed by atoms with E-state index in [4.69, 9.17) is 0 Å². The van der Waals surface area contributed by atoms with E-state index in [0.717, 1.165) is 32.5 Å². The van der Waals surface area contributed by atoms with Crippen LogP contribution in [0.4, 0.5) is 0 Å². The molecule has 1 aromatic carbocycles. The molecule has 2 saturated heterocycles. The average Bonchev–Trinajstić information content (AvgIpc) is 3.16. The molecular formula is C21H32N4O2. The Labute approximate surface area is 162 Å². The molecule has 6 heteroatoms. The van der Waals surface area contributed by atoms with Crippen LogP contribution in [0.2, 0.25) is 0 Å². The van der Waals surface area contributed by atoms with Gasteiger partial charge in [0.05, 0.1) is 0 Å². The summed E-state index contributed by atoms with van der Waals surface area (Å²) in [5.41, 5.74) is 8.17. The Kier molecular flexibility index (Phi) is 6.50. The molecule has 2 amide bonds. The summed E-state index contributed by atoms with van der Waals surface area (Å²) in [6, 6.07) is 10.6. The van der Waals surface area contributed by atoms with Crippen LogP contribution in [0.1, 0.15) is 45.1 Å². The largest absolute Gasteiger partial charge is 0.344 e. The van der Waals surface area contributed by atoms with Gasteiger partial charge in [-0.3, -0.25) is 20.4 Å². The topological polar surface area (TPSA) is 73.5 Å². The Morgan fingerprint density at radius 2 is 1.81 bits per heavy atom. The Hall–Kier alpha value is -1.92. The van der Waals surface area contributed by atoms with Gasteiger partial charge in [-0.2, -0.15) is 0 Å². The smallest absolute Gasteiger partial charge is 0.245 e. The van der Waals surface area contributed by atoms with Crippen LogP contribution >= 0.6 is 0 Å². The summed E-state index contributed by atoms with van der Waals surface area (Å²) in [4.78, 5) is 26.2. The molecule has 1 aromatic rings. The van der Waals surface area contributed by atoms with Crippen LogP contribution in [-0.4, -0.2) is 48.4 Å². The van der Waals surface area contributed by atoms with Crippen molar-refractivity contribution in [3.63, 3.8) is 0 Å². The molecule has 0 radical (unpaired) electrons. The van der Waals surface area contributed by atoms with E-state index >= 15 is 0 Å². The molecule has 2 fully saturated rings. The molecule has 0 aliphatic carbocycles. The van der Waals surface area contributed by atoms with Crippen molar-refractivity contribution < 1.29 is 9.59 Å². The van der Waals surface area contributed by atoms with Crippen molar-refractivity contribution in [2.75, 3.05) is 19.6 Å². The quantitative estimate of drug-likeness (QED) is 0.735. The third-order valence-electron chi connectivity index (χ3n) is 5.90. The van der Waals surface area contributed by atoms with Crippen LogP contribution < -0.4 is 16.2 Å². The monoisotopic (exact) mass is 372 g/mol. The third kappa shape index (κ3) is 4.68. The van der Waals surface area contributed by atoms with E-state index in [9.17, 15) is 9.59 Å². The Morgan fingerprint density at radius 3 is 2.41 bits per heavy atom. The van der Waals surface area contributed by atoms with Gasteiger partial charge in [-0.05, 0) is 30.2 Å². The Bertz CT molecular complexity index is 641. The molecule has 0 bridgehead atoms. The normalized spacial score (nSPS) is 24.8. The first-order chi connectivity index (χ1) is 13.0. The standard InChI is InChI=1S/C21H32N4O2/c1-14(2)19(23-15(3)26)21(27)25-11-9-17(10-12-25)20-18(13-22-24-20)16-7-5-4-6-8-16/h4-8,14,17-20,22,24H,9-13H2,1-3H3,(H,23,26). The minimum absolute atomic E-state index is 0.0516. The van der Waals surface area contributed by atoms with Gasteiger partial charge in [0, 0.05) is 38.5 Å². The number of amides is 2. The Balaban J connectivity index is 1.59. The predicted octanol–water partition coefficient (Wildman–Crippen LogP) is 1.65. The SMILES string of the molecule is CC(=O)NC(C(=O)N1CCC(C2NNCC2c2ccccc2)CC1)C(C)C. The second kappa shape index (κ2) is 8.85. The van der Waals surface area contributed by atoms with Crippen LogP contribution in [0.3, 0.4) is 0 Å². The van der Waals surface area contributed by atoms with Gasteiger partial charge in [-0.25, -0.2) is 0 Å². The zero-order chi connectivity index (χ0) is 19.4. The van der Waals surface area contributed by atoms with Crippen LogP contribution in [0.25, 0.3) is 0 Å². The highest BCUT2D eigenvalue weighted by Gasteiger charge is 2.38. The molecule has 3 rings (SSSR count). The number of hydrazine groups is 1. The van der Waals surface area contributed by atoms with Crippen LogP contribution in [-0.2, 0) is 9.59 Å². The molecule has 3 N–H and O–H groups in total. The minimum atomic E-state index is -0.428. The molecule has 0 aromatic heterocycles. The molecule has 0 saturated carbocycles. The van der Waals surface area contributed by atoms with Crippen LogP contribution in [0.5, 0.6) is 0 Å². The number of hydrogen-bond donors (Lipinski definition) is 3.